The molecule has 0 saturated heterocycles. The van der Waals surface area contributed by atoms with Crippen LogP contribution >= 0.6 is 20.2 Å². The molecule has 0 atom stereocenters. The standard InChI is InChI=1S/C28H30F5IO3S/c1-14(2)18-12-20(15(3)4)27(21(13-18)16(5)6)34(28-25(32)23(30)22(29)24(31)26(28)33)37-38(35,36)19-10-8-17(7)9-11-19/h8-16H,1-7H3. The summed E-state index contributed by atoms with van der Waals surface area (Å²) in [6, 6.07) is 9.18. The van der Waals surface area contributed by atoms with Crippen molar-refractivity contribution < 1.29 is 32.9 Å². The van der Waals surface area contributed by atoms with E-state index in [2.05, 4.69) is 0 Å². The van der Waals surface area contributed by atoms with Gasteiger partial charge in [-0.15, -0.1) is 0 Å². The number of aryl methyl sites for hydroxylation is 1. The number of hydrogen-bond donors (Lipinski definition) is 0. The molecule has 0 aliphatic carbocycles. The fourth-order valence-electron chi connectivity index (χ4n) is 3.78. The van der Waals surface area contributed by atoms with Crippen molar-refractivity contribution in [3.05, 3.63) is 94.9 Å². The van der Waals surface area contributed by atoms with Crippen molar-refractivity contribution in [2.24, 2.45) is 0 Å². The predicted molar refractivity (Wildman–Crippen MR) is 146 cm³/mol. The molecular weight excluding hydrogens is 638 g/mol. The Bertz CT molecular complexity index is 1390. The van der Waals surface area contributed by atoms with Gasteiger partial charge in [0.05, 0.1) is 0 Å². The third-order valence-electron chi connectivity index (χ3n) is 6.02. The van der Waals surface area contributed by atoms with E-state index in [0.717, 1.165) is 11.1 Å². The van der Waals surface area contributed by atoms with E-state index < -0.39 is 63.0 Å². The second kappa shape index (κ2) is 11.6. The van der Waals surface area contributed by atoms with Crippen LogP contribution in [-0.2, 0) is 12.6 Å². The van der Waals surface area contributed by atoms with E-state index in [1.165, 1.54) is 24.3 Å². The topological polar surface area (TPSA) is 43.4 Å². The molecule has 0 aliphatic rings. The fraction of sp³-hybridized carbons (Fsp3) is 0.357. The van der Waals surface area contributed by atoms with Crippen molar-refractivity contribution in [2.75, 3.05) is 0 Å². The van der Waals surface area contributed by atoms with E-state index >= 15 is 8.78 Å². The van der Waals surface area contributed by atoms with Gasteiger partial charge in [-0.25, -0.2) is 0 Å². The van der Waals surface area contributed by atoms with Gasteiger partial charge >= 0.3 is 229 Å². The molecule has 0 amide bonds. The molecule has 3 aromatic rings. The molecule has 0 saturated carbocycles. The van der Waals surface area contributed by atoms with E-state index in [4.69, 9.17) is 2.51 Å². The molecule has 0 aromatic heterocycles. The first-order chi connectivity index (χ1) is 17.6. The van der Waals surface area contributed by atoms with Crippen LogP contribution in [-0.4, -0.2) is 8.42 Å². The Morgan fingerprint density at radius 3 is 1.47 bits per heavy atom. The first kappa shape index (κ1) is 30.5. The molecule has 208 valence electrons. The molecule has 38 heavy (non-hydrogen) atoms. The fourth-order valence-corrected chi connectivity index (χ4v) is 12.3. The molecule has 3 rings (SSSR count). The SMILES string of the molecule is Cc1ccc(S(=O)(=O)OI(c2c(C(C)C)cc(C(C)C)cc2C(C)C)c2c(F)c(F)c(F)c(F)c2F)cc1. The molecule has 0 unspecified atom stereocenters. The Hall–Kier alpha value is -2.05. The average Bonchev–Trinajstić information content (AvgIpc) is 2.85. The monoisotopic (exact) mass is 668 g/mol. The third kappa shape index (κ3) is 5.91. The van der Waals surface area contributed by atoms with Crippen LogP contribution in [0.3, 0.4) is 0 Å². The molecule has 0 bridgehead atoms. The van der Waals surface area contributed by atoms with E-state index in [-0.39, 0.29) is 26.2 Å². The molecule has 0 heterocycles. The number of hydrogen-bond acceptors (Lipinski definition) is 3. The zero-order valence-electron chi connectivity index (χ0n) is 22.1. The van der Waals surface area contributed by atoms with E-state index in [0.29, 0.717) is 11.1 Å². The first-order valence-electron chi connectivity index (χ1n) is 12.0. The quantitative estimate of drug-likeness (QED) is 0.104. The Labute approximate surface area is 228 Å². The van der Waals surface area contributed by atoms with Crippen molar-refractivity contribution in [3.63, 3.8) is 0 Å². The Morgan fingerprint density at radius 2 is 1.08 bits per heavy atom. The maximum atomic E-state index is 15.3. The molecule has 0 fully saturated rings. The summed E-state index contributed by atoms with van der Waals surface area (Å²) in [5.74, 6) is -11.2. The molecule has 3 aromatic carbocycles. The summed E-state index contributed by atoms with van der Waals surface area (Å²) >= 11 is -4.40. The van der Waals surface area contributed by atoms with Gasteiger partial charge in [-0.2, -0.15) is 0 Å². The molecule has 0 aliphatic heterocycles. The Balaban J connectivity index is 2.47. The minimum atomic E-state index is -4.66. The zero-order chi connectivity index (χ0) is 28.7. The summed E-state index contributed by atoms with van der Waals surface area (Å²) in [4.78, 5) is -0.287. The summed E-state index contributed by atoms with van der Waals surface area (Å²) < 4.78 is 105. The summed E-state index contributed by atoms with van der Waals surface area (Å²) in [6.45, 7) is 12.9. The Kier molecular flexibility index (Phi) is 9.30. The van der Waals surface area contributed by atoms with Crippen molar-refractivity contribution in [1.29, 1.82) is 0 Å². The molecule has 0 radical (unpaired) electrons. The van der Waals surface area contributed by atoms with Gasteiger partial charge in [0.15, 0.2) is 0 Å². The summed E-state index contributed by atoms with van der Waals surface area (Å²) in [5.41, 5.74) is 2.75. The Morgan fingerprint density at radius 1 is 0.658 bits per heavy atom. The van der Waals surface area contributed by atoms with Gasteiger partial charge in [0.2, 0.25) is 0 Å². The normalized spacial score (nSPS) is 12.7. The number of rotatable bonds is 8. The average molecular weight is 669 g/mol. The van der Waals surface area contributed by atoms with Crippen LogP contribution in [0.4, 0.5) is 22.0 Å². The van der Waals surface area contributed by atoms with Crippen LogP contribution in [0.15, 0.2) is 41.3 Å². The zero-order valence-corrected chi connectivity index (χ0v) is 25.1. The molecular formula is C28H30F5IO3S. The van der Waals surface area contributed by atoms with Crippen molar-refractivity contribution in [3.8, 4) is 0 Å². The molecule has 3 nitrogen and oxygen atoms in total. The molecule has 10 heteroatoms. The first-order valence-corrected chi connectivity index (χ1v) is 16.4. The summed E-state index contributed by atoms with van der Waals surface area (Å²) in [5, 5.41) is 0. The van der Waals surface area contributed by atoms with Crippen molar-refractivity contribution in [2.45, 2.75) is 71.1 Å². The van der Waals surface area contributed by atoms with Crippen molar-refractivity contribution >= 4 is 30.4 Å². The van der Waals surface area contributed by atoms with E-state index in [1.54, 1.807) is 19.1 Å². The van der Waals surface area contributed by atoms with Crippen LogP contribution in [0.2, 0.25) is 0 Å². The van der Waals surface area contributed by atoms with Crippen LogP contribution in [0.25, 0.3) is 0 Å². The summed E-state index contributed by atoms with van der Waals surface area (Å²) in [6.07, 6.45) is 0. The number of halogens is 6. The third-order valence-corrected chi connectivity index (χ3v) is 13.8. The van der Waals surface area contributed by atoms with Crippen molar-refractivity contribution in [1.82, 2.24) is 0 Å². The van der Waals surface area contributed by atoms with Gasteiger partial charge in [0, 0.05) is 0 Å². The van der Waals surface area contributed by atoms with Gasteiger partial charge < -0.3 is 0 Å². The van der Waals surface area contributed by atoms with Gasteiger partial charge in [-0.1, -0.05) is 0 Å². The molecule has 0 spiro atoms. The predicted octanol–water partition coefficient (Wildman–Crippen LogP) is 8.93. The van der Waals surface area contributed by atoms with Crippen LogP contribution < -0.4 is 0 Å². The molecule has 0 N–H and O–H groups in total. The number of benzene rings is 3. The van der Waals surface area contributed by atoms with Crippen LogP contribution in [0.5, 0.6) is 0 Å². The van der Waals surface area contributed by atoms with Gasteiger partial charge in [0.25, 0.3) is 0 Å². The minimum absolute atomic E-state index is 0.0627. The second-order valence-corrected chi connectivity index (χ2v) is 16.1. The van der Waals surface area contributed by atoms with Gasteiger partial charge in [-0.05, 0) is 0 Å². The van der Waals surface area contributed by atoms with Crippen LogP contribution in [0, 0.1) is 43.2 Å². The van der Waals surface area contributed by atoms with Gasteiger partial charge in [-0.3, -0.25) is 0 Å². The second-order valence-electron chi connectivity index (χ2n) is 9.94. The van der Waals surface area contributed by atoms with Crippen LogP contribution in [0.1, 0.15) is 81.5 Å². The van der Waals surface area contributed by atoms with Gasteiger partial charge in [0.1, 0.15) is 0 Å². The van der Waals surface area contributed by atoms with E-state index in [9.17, 15) is 21.6 Å². The maximum absolute atomic E-state index is 15.3. The van der Waals surface area contributed by atoms with E-state index in [1.807, 2.05) is 41.5 Å². The summed E-state index contributed by atoms with van der Waals surface area (Å²) in [7, 11) is -4.66.